The maximum atomic E-state index is 6.65. The Bertz CT molecular complexity index is 111. The van der Waals surface area contributed by atoms with Gasteiger partial charge in [-0.1, -0.05) is 0 Å². The maximum Gasteiger partial charge on any atom is 0.186 e. The van der Waals surface area contributed by atoms with Crippen LogP contribution in [0.4, 0.5) is 0 Å². The summed E-state index contributed by atoms with van der Waals surface area (Å²) >= 11 is 0. The zero-order valence-corrected chi connectivity index (χ0v) is 4.39. The van der Waals surface area contributed by atoms with Gasteiger partial charge in [-0.3, -0.25) is 5.41 Å². The summed E-state index contributed by atoms with van der Waals surface area (Å²) in [6.45, 7) is 0.0856. The molecule has 0 unspecified atom stereocenters. The Kier molecular flexibility index (Phi) is 2.39. The molecule has 0 saturated heterocycles. The van der Waals surface area contributed by atoms with Gasteiger partial charge in [0, 0.05) is 0 Å². The minimum Gasteiger partial charge on any atom is -0.386 e. The van der Waals surface area contributed by atoms with Gasteiger partial charge in [0.1, 0.15) is 5.84 Å². The minimum atomic E-state index is -0.0431. The van der Waals surface area contributed by atoms with Crippen molar-refractivity contribution in [3.8, 4) is 0 Å². The number of guanidine groups is 1. The highest BCUT2D eigenvalue weighted by molar-refractivity contribution is 5.83. The Morgan fingerprint density at radius 1 is 1.38 bits per heavy atom. The van der Waals surface area contributed by atoms with Crippen molar-refractivity contribution < 1.29 is 0 Å². The Balaban J connectivity index is 3.45. The van der Waals surface area contributed by atoms with E-state index < -0.39 is 0 Å². The van der Waals surface area contributed by atoms with Crippen LogP contribution in [0.1, 0.15) is 0 Å². The van der Waals surface area contributed by atoms with Gasteiger partial charge in [0.25, 0.3) is 0 Å². The number of hydrogen-bond acceptors (Lipinski definition) is 2. The van der Waals surface area contributed by atoms with Gasteiger partial charge in [-0.05, 0) is 0 Å². The average Bonchev–Trinajstić information content (AvgIpc) is 1.61. The number of aliphatic imine (C=N–C) groups is 1. The third-order valence-corrected chi connectivity index (χ3v) is 0.432. The smallest absolute Gasteiger partial charge is 0.186 e. The molecule has 0 spiro atoms. The van der Waals surface area contributed by atoms with Crippen LogP contribution in [-0.2, 0) is 0 Å². The van der Waals surface area contributed by atoms with Crippen molar-refractivity contribution >= 4 is 11.8 Å². The molecular formula is C3H9N5. The van der Waals surface area contributed by atoms with Crippen LogP contribution < -0.4 is 17.2 Å². The molecule has 0 amide bonds. The van der Waals surface area contributed by atoms with Crippen molar-refractivity contribution in [2.45, 2.75) is 0 Å². The predicted octanol–water partition coefficient (Wildman–Crippen LogP) is -1.80. The quantitative estimate of drug-likeness (QED) is 0.251. The standard InChI is InChI=1S/C3H9N5/c4-2(5)1-8-3(6)7/h1H2,(H3,4,5)(H4,6,7,8). The van der Waals surface area contributed by atoms with E-state index in [-0.39, 0.29) is 18.3 Å². The fourth-order valence-corrected chi connectivity index (χ4v) is 0.176. The normalized spacial score (nSPS) is 8.00. The van der Waals surface area contributed by atoms with Gasteiger partial charge >= 0.3 is 0 Å². The van der Waals surface area contributed by atoms with Gasteiger partial charge < -0.3 is 17.2 Å². The Morgan fingerprint density at radius 3 is 2.00 bits per heavy atom. The highest BCUT2D eigenvalue weighted by atomic mass is 15.0. The zero-order chi connectivity index (χ0) is 6.57. The molecule has 0 aliphatic rings. The molecule has 0 saturated carbocycles. The van der Waals surface area contributed by atoms with Crippen LogP contribution in [0.3, 0.4) is 0 Å². The molecule has 0 aliphatic heterocycles. The second-order valence-electron chi connectivity index (χ2n) is 1.27. The van der Waals surface area contributed by atoms with Crippen LogP contribution in [0.25, 0.3) is 0 Å². The molecule has 7 N–H and O–H groups in total. The summed E-state index contributed by atoms with van der Waals surface area (Å²) in [6, 6.07) is 0. The van der Waals surface area contributed by atoms with Crippen LogP contribution in [0, 0.1) is 5.41 Å². The first-order valence-corrected chi connectivity index (χ1v) is 2.01. The van der Waals surface area contributed by atoms with E-state index in [0.29, 0.717) is 0 Å². The van der Waals surface area contributed by atoms with Crippen molar-refractivity contribution in [1.29, 1.82) is 5.41 Å². The zero-order valence-electron chi connectivity index (χ0n) is 4.39. The van der Waals surface area contributed by atoms with Crippen molar-refractivity contribution in [2.24, 2.45) is 22.2 Å². The highest BCUT2D eigenvalue weighted by Gasteiger charge is 1.82. The lowest BCUT2D eigenvalue weighted by Gasteiger charge is -1.89. The van der Waals surface area contributed by atoms with E-state index in [4.69, 9.17) is 22.6 Å². The SMILES string of the molecule is N=C(N)CN=C(N)N. The monoisotopic (exact) mass is 115 g/mol. The lowest BCUT2D eigenvalue weighted by Crippen LogP contribution is -2.25. The summed E-state index contributed by atoms with van der Waals surface area (Å²) in [5.41, 5.74) is 14.7. The van der Waals surface area contributed by atoms with Gasteiger partial charge in [0.05, 0.1) is 6.54 Å². The fourth-order valence-electron chi connectivity index (χ4n) is 0.176. The molecule has 5 heteroatoms. The van der Waals surface area contributed by atoms with Crippen LogP contribution in [0.5, 0.6) is 0 Å². The third-order valence-electron chi connectivity index (χ3n) is 0.432. The van der Waals surface area contributed by atoms with Crippen LogP contribution in [-0.4, -0.2) is 18.3 Å². The first-order chi connectivity index (χ1) is 3.63. The van der Waals surface area contributed by atoms with E-state index in [1.54, 1.807) is 0 Å². The van der Waals surface area contributed by atoms with E-state index >= 15 is 0 Å². The summed E-state index contributed by atoms with van der Waals surface area (Å²) in [5.74, 6) is -0.0846. The van der Waals surface area contributed by atoms with Crippen LogP contribution in [0.2, 0.25) is 0 Å². The van der Waals surface area contributed by atoms with Crippen molar-refractivity contribution in [3.63, 3.8) is 0 Å². The summed E-state index contributed by atoms with van der Waals surface area (Å²) < 4.78 is 0. The highest BCUT2D eigenvalue weighted by Crippen LogP contribution is 1.63. The second kappa shape index (κ2) is 2.84. The van der Waals surface area contributed by atoms with Crippen molar-refractivity contribution in [1.82, 2.24) is 0 Å². The molecule has 0 aliphatic carbocycles. The fraction of sp³-hybridized carbons (Fsp3) is 0.333. The lowest BCUT2D eigenvalue weighted by atomic mass is 10.6. The molecule has 0 atom stereocenters. The van der Waals surface area contributed by atoms with Gasteiger partial charge in [-0.15, -0.1) is 0 Å². The van der Waals surface area contributed by atoms with E-state index in [1.165, 1.54) is 0 Å². The molecule has 5 nitrogen and oxygen atoms in total. The van der Waals surface area contributed by atoms with E-state index in [9.17, 15) is 0 Å². The molecule has 46 valence electrons. The molecule has 0 rings (SSSR count). The number of nitrogens with zero attached hydrogens (tertiary/aromatic N) is 1. The predicted molar refractivity (Wildman–Crippen MR) is 32.6 cm³/mol. The number of nitrogens with one attached hydrogen (secondary N) is 1. The minimum absolute atomic E-state index is 0.0415. The van der Waals surface area contributed by atoms with Crippen molar-refractivity contribution in [3.05, 3.63) is 0 Å². The molecule has 0 radical (unpaired) electrons. The largest absolute Gasteiger partial charge is 0.386 e. The Morgan fingerprint density at radius 2 is 1.88 bits per heavy atom. The molecule has 0 aromatic carbocycles. The molecular weight excluding hydrogens is 106 g/mol. The third kappa shape index (κ3) is 4.74. The number of hydrogen-bond donors (Lipinski definition) is 4. The summed E-state index contributed by atoms with van der Waals surface area (Å²) in [5, 5.41) is 6.65. The van der Waals surface area contributed by atoms with Crippen molar-refractivity contribution in [2.75, 3.05) is 6.54 Å². The summed E-state index contributed by atoms with van der Waals surface area (Å²) in [4.78, 5) is 3.45. The second-order valence-corrected chi connectivity index (χ2v) is 1.27. The van der Waals surface area contributed by atoms with E-state index in [2.05, 4.69) is 4.99 Å². The molecule has 0 aromatic rings. The van der Waals surface area contributed by atoms with Crippen LogP contribution >= 0.6 is 0 Å². The molecule has 0 aromatic heterocycles. The summed E-state index contributed by atoms with van der Waals surface area (Å²) in [7, 11) is 0. The van der Waals surface area contributed by atoms with E-state index in [0.717, 1.165) is 0 Å². The number of amidine groups is 1. The van der Waals surface area contributed by atoms with Gasteiger partial charge in [0.15, 0.2) is 5.96 Å². The Labute approximate surface area is 47.1 Å². The van der Waals surface area contributed by atoms with E-state index in [1.807, 2.05) is 0 Å². The molecule has 0 bridgehead atoms. The lowest BCUT2D eigenvalue weighted by molar-refractivity contribution is 1.20. The number of nitrogens with two attached hydrogens (primary N) is 3. The average molecular weight is 115 g/mol. The molecule has 8 heavy (non-hydrogen) atoms. The summed E-state index contributed by atoms with van der Waals surface area (Å²) in [6.07, 6.45) is 0. The molecule has 0 fully saturated rings. The first-order valence-electron chi connectivity index (χ1n) is 2.01. The van der Waals surface area contributed by atoms with Gasteiger partial charge in [-0.25, -0.2) is 4.99 Å². The first kappa shape index (κ1) is 6.74. The Hall–Kier alpha value is -1.26. The van der Waals surface area contributed by atoms with Gasteiger partial charge in [-0.2, -0.15) is 0 Å². The maximum absolute atomic E-state index is 6.65. The molecule has 0 heterocycles. The van der Waals surface area contributed by atoms with Gasteiger partial charge in [0.2, 0.25) is 0 Å². The topological polar surface area (TPSA) is 114 Å². The van der Waals surface area contributed by atoms with Crippen LogP contribution in [0.15, 0.2) is 4.99 Å². The number of rotatable bonds is 2.